The second-order valence-electron chi connectivity index (χ2n) is 3.93. The topological polar surface area (TPSA) is 64.5 Å². The van der Waals surface area contributed by atoms with Crippen LogP contribution in [0.3, 0.4) is 0 Å². The van der Waals surface area contributed by atoms with E-state index in [1.165, 1.54) is 12.4 Å². The Morgan fingerprint density at radius 2 is 1.84 bits per heavy atom. The fraction of sp³-hybridized carbons (Fsp3) is 0.286. The summed E-state index contributed by atoms with van der Waals surface area (Å²) in [4.78, 5) is 8.03. The number of nitrogens with zero attached hydrogens (tertiary/aromatic N) is 2. The molecule has 0 atom stereocenters. The van der Waals surface area contributed by atoms with Gasteiger partial charge in [0.2, 0.25) is 5.88 Å². The Kier molecular flexibility index (Phi) is 4.69. The predicted molar refractivity (Wildman–Crippen MR) is 70.3 cm³/mol. The number of aromatic nitrogens is 2. The molecule has 100 valence electrons. The highest BCUT2D eigenvalue weighted by molar-refractivity contribution is 5.33. The lowest BCUT2D eigenvalue weighted by Gasteiger charge is -2.07. The van der Waals surface area contributed by atoms with E-state index >= 15 is 0 Å². The number of benzene rings is 1. The standard InChI is InChI=1S/C14H16N2O3/c1-2-7-18-12-3-5-13(6-4-12)19-14-9-15-8-11(10-17)16-14/h3-6,8-9,17H,2,7,10H2,1H3. The summed E-state index contributed by atoms with van der Waals surface area (Å²) in [6.45, 7) is 2.60. The molecular formula is C14H16N2O3. The summed E-state index contributed by atoms with van der Waals surface area (Å²) in [6.07, 6.45) is 3.97. The van der Waals surface area contributed by atoms with Crippen molar-refractivity contribution >= 4 is 0 Å². The lowest BCUT2D eigenvalue weighted by molar-refractivity contribution is 0.274. The summed E-state index contributed by atoms with van der Waals surface area (Å²) in [6, 6.07) is 7.29. The van der Waals surface area contributed by atoms with E-state index in [0.717, 1.165) is 12.2 Å². The third-order valence-electron chi connectivity index (χ3n) is 2.34. The molecule has 1 N–H and O–H groups in total. The van der Waals surface area contributed by atoms with Gasteiger partial charge in [-0.3, -0.25) is 4.98 Å². The van der Waals surface area contributed by atoms with E-state index < -0.39 is 0 Å². The number of aliphatic hydroxyl groups excluding tert-OH is 1. The Labute approximate surface area is 111 Å². The number of rotatable bonds is 6. The van der Waals surface area contributed by atoms with E-state index in [1.54, 1.807) is 12.1 Å². The molecule has 0 aliphatic heterocycles. The molecule has 1 aromatic heterocycles. The Bertz CT molecular complexity index is 514. The molecule has 2 rings (SSSR count). The molecule has 0 fully saturated rings. The van der Waals surface area contributed by atoms with Crippen LogP contribution in [0.5, 0.6) is 17.4 Å². The van der Waals surface area contributed by atoms with Crippen LogP contribution in [0.2, 0.25) is 0 Å². The van der Waals surface area contributed by atoms with Crippen LogP contribution >= 0.6 is 0 Å². The molecule has 0 unspecified atom stereocenters. The van der Waals surface area contributed by atoms with Gasteiger partial charge in [0, 0.05) is 0 Å². The normalized spacial score (nSPS) is 10.2. The maximum atomic E-state index is 8.97. The molecule has 1 aromatic carbocycles. The van der Waals surface area contributed by atoms with E-state index in [4.69, 9.17) is 14.6 Å². The highest BCUT2D eigenvalue weighted by atomic mass is 16.5. The van der Waals surface area contributed by atoms with Crippen LogP contribution in [0.25, 0.3) is 0 Å². The molecule has 5 heteroatoms. The third-order valence-corrected chi connectivity index (χ3v) is 2.34. The van der Waals surface area contributed by atoms with Crippen molar-refractivity contribution in [2.75, 3.05) is 6.61 Å². The Morgan fingerprint density at radius 1 is 1.11 bits per heavy atom. The van der Waals surface area contributed by atoms with Gasteiger partial charge in [0.25, 0.3) is 0 Å². The zero-order valence-electron chi connectivity index (χ0n) is 10.7. The maximum Gasteiger partial charge on any atom is 0.238 e. The lowest BCUT2D eigenvalue weighted by Crippen LogP contribution is -1.96. The maximum absolute atomic E-state index is 8.97. The largest absolute Gasteiger partial charge is 0.494 e. The van der Waals surface area contributed by atoms with Crippen LogP contribution < -0.4 is 9.47 Å². The third kappa shape index (κ3) is 3.93. The first-order valence-electron chi connectivity index (χ1n) is 6.14. The van der Waals surface area contributed by atoms with Crippen molar-refractivity contribution < 1.29 is 14.6 Å². The molecule has 0 aliphatic carbocycles. The molecular weight excluding hydrogens is 244 g/mol. The zero-order chi connectivity index (χ0) is 13.5. The van der Waals surface area contributed by atoms with Gasteiger partial charge in [0.05, 0.1) is 31.3 Å². The van der Waals surface area contributed by atoms with Gasteiger partial charge < -0.3 is 14.6 Å². The average molecular weight is 260 g/mol. The summed E-state index contributed by atoms with van der Waals surface area (Å²) < 4.78 is 11.0. The predicted octanol–water partition coefficient (Wildman–Crippen LogP) is 2.55. The Hall–Kier alpha value is -2.14. The van der Waals surface area contributed by atoms with Crippen molar-refractivity contribution in [2.45, 2.75) is 20.0 Å². The summed E-state index contributed by atoms with van der Waals surface area (Å²) in [5.74, 6) is 1.81. The van der Waals surface area contributed by atoms with Crippen molar-refractivity contribution in [3.8, 4) is 17.4 Å². The Morgan fingerprint density at radius 3 is 2.53 bits per heavy atom. The van der Waals surface area contributed by atoms with Gasteiger partial charge in [-0.25, -0.2) is 4.98 Å². The van der Waals surface area contributed by atoms with Crippen molar-refractivity contribution in [1.29, 1.82) is 0 Å². The van der Waals surface area contributed by atoms with Gasteiger partial charge in [-0.15, -0.1) is 0 Å². The van der Waals surface area contributed by atoms with E-state index in [0.29, 0.717) is 23.9 Å². The van der Waals surface area contributed by atoms with Gasteiger partial charge in [-0.2, -0.15) is 0 Å². The smallest absolute Gasteiger partial charge is 0.238 e. The van der Waals surface area contributed by atoms with Crippen molar-refractivity contribution in [3.05, 3.63) is 42.4 Å². The van der Waals surface area contributed by atoms with Gasteiger partial charge in [0.1, 0.15) is 11.5 Å². The number of aliphatic hydroxyl groups is 1. The highest BCUT2D eigenvalue weighted by Crippen LogP contribution is 2.22. The fourth-order valence-corrected chi connectivity index (χ4v) is 1.46. The number of hydrogen-bond donors (Lipinski definition) is 1. The van der Waals surface area contributed by atoms with Crippen molar-refractivity contribution in [1.82, 2.24) is 9.97 Å². The van der Waals surface area contributed by atoms with Gasteiger partial charge in [0.15, 0.2) is 0 Å². The second-order valence-corrected chi connectivity index (χ2v) is 3.93. The SMILES string of the molecule is CCCOc1ccc(Oc2cncc(CO)n2)cc1. The molecule has 0 saturated heterocycles. The molecule has 1 heterocycles. The quantitative estimate of drug-likeness (QED) is 0.864. The zero-order valence-corrected chi connectivity index (χ0v) is 10.7. The van der Waals surface area contributed by atoms with Gasteiger partial charge in [-0.05, 0) is 30.7 Å². The summed E-state index contributed by atoms with van der Waals surface area (Å²) in [7, 11) is 0. The van der Waals surface area contributed by atoms with Crippen LogP contribution in [-0.2, 0) is 6.61 Å². The molecule has 0 bridgehead atoms. The second kappa shape index (κ2) is 6.70. The fourth-order valence-electron chi connectivity index (χ4n) is 1.46. The minimum Gasteiger partial charge on any atom is -0.494 e. The molecule has 2 aromatic rings. The molecule has 0 radical (unpaired) electrons. The van der Waals surface area contributed by atoms with E-state index in [2.05, 4.69) is 16.9 Å². The van der Waals surface area contributed by atoms with Crippen molar-refractivity contribution in [3.63, 3.8) is 0 Å². The monoisotopic (exact) mass is 260 g/mol. The summed E-state index contributed by atoms with van der Waals surface area (Å²) in [5, 5.41) is 8.97. The van der Waals surface area contributed by atoms with E-state index in [1.807, 2.05) is 12.1 Å². The van der Waals surface area contributed by atoms with Crippen LogP contribution in [-0.4, -0.2) is 21.7 Å². The number of hydrogen-bond acceptors (Lipinski definition) is 5. The van der Waals surface area contributed by atoms with Crippen molar-refractivity contribution in [2.24, 2.45) is 0 Å². The molecule has 5 nitrogen and oxygen atoms in total. The first kappa shape index (κ1) is 13.3. The van der Waals surface area contributed by atoms with Crippen LogP contribution in [0.4, 0.5) is 0 Å². The lowest BCUT2D eigenvalue weighted by atomic mass is 10.3. The summed E-state index contributed by atoms with van der Waals surface area (Å²) in [5.41, 5.74) is 0.473. The Balaban J connectivity index is 2.02. The van der Waals surface area contributed by atoms with E-state index in [9.17, 15) is 0 Å². The first-order valence-corrected chi connectivity index (χ1v) is 6.14. The molecule has 0 saturated carbocycles. The van der Waals surface area contributed by atoms with Crippen LogP contribution in [0.1, 0.15) is 19.0 Å². The molecule has 0 amide bonds. The molecule has 19 heavy (non-hydrogen) atoms. The van der Waals surface area contributed by atoms with Gasteiger partial charge >= 0.3 is 0 Å². The highest BCUT2D eigenvalue weighted by Gasteiger charge is 2.01. The molecule has 0 aliphatic rings. The van der Waals surface area contributed by atoms with Crippen LogP contribution in [0.15, 0.2) is 36.7 Å². The first-order chi connectivity index (χ1) is 9.31. The average Bonchev–Trinajstić information content (AvgIpc) is 2.47. The number of ether oxygens (including phenoxy) is 2. The summed E-state index contributed by atoms with van der Waals surface area (Å²) >= 11 is 0. The minimum absolute atomic E-state index is 0.159. The van der Waals surface area contributed by atoms with Gasteiger partial charge in [-0.1, -0.05) is 6.92 Å². The minimum atomic E-state index is -0.159. The molecule has 0 spiro atoms. The van der Waals surface area contributed by atoms with E-state index in [-0.39, 0.29) is 6.61 Å². The van der Waals surface area contributed by atoms with Crippen LogP contribution in [0, 0.1) is 0 Å².